The molecule has 0 bridgehead atoms. The second-order valence-corrected chi connectivity index (χ2v) is 8.89. The van der Waals surface area contributed by atoms with Gasteiger partial charge in [0.05, 0.1) is 0 Å². The average Bonchev–Trinajstić information content (AvgIpc) is 2.84. The number of unbranched alkanes of at least 4 members (excludes halogenated alkanes) is 1. The lowest BCUT2D eigenvalue weighted by atomic mass is 9.95. The number of anilines is 1. The van der Waals surface area contributed by atoms with Gasteiger partial charge in [0.2, 0.25) is 0 Å². The zero-order chi connectivity index (χ0) is 24.5. The molecular weight excluding hydrogens is 400 g/mol. The minimum absolute atomic E-state index is 0.950. The fraction of sp³-hybridized carbons (Fsp3) is 0.516. The molecule has 182 valence electrons. The van der Waals surface area contributed by atoms with Crippen molar-refractivity contribution in [2.75, 3.05) is 5.32 Å². The van der Waals surface area contributed by atoms with Gasteiger partial charge < -0.3 is 5.32 Å². The Labute approximate surface area is 204 Å². The third-order valence-electron chi connectivity index (χ3n) is 6.26. The van der Waals surface area contributed by atoms with Gasteiger partial charge in [0.25, 0.3) is 0 Å². The van der Waals surface area contributed by atoms with E-state index in [1.165, 1.54) is 60.8 Å². The third-order valence-corrected chi connectivity index (χ3v) is 6.26. The lowest BCUT2D eigenvalue weighted by Gasteiger charge is -2.15. The van der Waals surface area contributed by atoms with Crippen LogP contribution in [-0.4, -0.2) is 4.98 Å². The smallest absolute Gasteiger partial charge is 0.133 e. The van der Waals surface area contributed by atoms with Crippen LogP contribution in [-0.2, 0) is 12.8 Å². The number of pyridine rings is 1. The van der Waals surface area contributed by atoms with Gasteiger partial charge in [-0.05, 0) is 66.2 Å². The molecule has 33 heavy (non-hydrogen) atoms. The Morgan fingerprint density at radius 3 is 2.33 bits per heavy atom. The second kappa shape index (κ2) is 17.2. The minimum atomic E-state index is 0.950. The molecule has 2 aromatic rings. The fourth-order valence-electron chi connectivity index (χ4n) is 4.15. The number of nitrogens with one attached hydrogen (secondary N) is 1. The van der Waals surface area contributed by atoms with E-state index in [0.717, 1.165) is 36.7 Å². The predicted octanol–water partition coefficient (Wildman–Crippen LogP) is 9.55. The Balaban J connectivity index is 0.000000461. The van der Waals surface area contributed by atoms with E-state index in [2.05, 4.69) is 94.8 Å². The molecule has 0 radical (unpaired) electrons. The standard InChI is InChI=1S/C21H26N2.C10H22/c1-5-10-20-17(6-2)13-14-22-21(20)23-19(7-3)15-18-12-9-8-11-16(18)4;1-4-7-9-10(6-3)8-5-2/h7-9,11-15H,3,5-6,10H2,1-2,4H3,(H,22,23);10H,4-9H2,1-3H3/b19-15+;. The summed E-state index contributed by atoms with van der Waals surface area (Å²) in [5.74, 6) is 1.97. The van der Waals surface area contributed by atoms with Crippen LogP contribution in [0.5, 0.6) is 0 Å². The topological polar surface area (TPSA) is 24.9 Å². The van der Waals surface area contributed by atoms with Crippen molar-refractivity contribution in [2.24, 2.45) is 5.92 Å². The molecule has 0 saturated carbocycles. The van der Waals surface area contributed by atoms with Crippen molar-refractivity contribution in [2.45, 2.75) is 99.3 Å². The number of hydrogen-bond donors (Lipinski definition) is 1. The Morgan fingerprint density at radius 2 is 1.76 bits per heavy atom. The van der Waals surface area contributed by atoms with E-state index in [1.54, 1.807) is 0 Å². The average molecular weight is 449 g/mol. The predicted molar refractivity (Wildman–Crippen MR) is 149 cm³/mol. The van der Waals surface area contributed by atoms with Crippen LogP contribution in [0.3, 0.4) is 0 Å². The highest BCUT2D eigenvalue weighted by Gasteiger charge is 2.09. The van der Waals surface area contributed by atoms with Crippen LogP contribution in [0.4, 0.5) is 5.82 Å². The van der Waals surface area contributed by atoms with Gasteiger partial charge in [-0.25, -0.2) is 4.98 Å². The number of benzene rings is 1. The molecule has 0 aliphatic carbocycles. The lowest BCUT2D eigenvalue weighted by Crippen LogP contribution is -2.06. The third kappa shape index (κ3) is 10.4. The van der Waals surface area contributed by atoms with Crippen LogP contribution < -0.4 is 5.32 Å². The lowest BCUT2D eigenvalue weighted by molar-refractivity contribution is 0.417. The van der Waals surface area contributed by atoms with Gasteiger partial charge in [0.1, 0.15) is 5.82 Å². The first-order valence-electron chi connectivity index (χ1n) is 13.2. The first kappa shape index (κ1) is 28.7. The van der Waals surface area contributed by atoms with E-state index in [4.69, 9.17) is 0 Å². The molecule has 1 heterocycles. The van der Waals surface area contributed by atoms with Crippen LogP contribution in [0.25, 0.3) is 6.08 Å². The van der Waals surface area contributed by atoms with Gasteiger partial charge in [-0.3, -0.25) is 0 Å². The van der Waals surface area contributed by atoms with Crippen LogP contribution in [0.2, 0.25) is 0 Å². The summed E-state index contributed by atoms with van der Waals surface area (Å²) in [6.45, 7) is 17.3. The maximum absolute atomic E-state index is 4.56. The van der Waals surface area contributed by atoms with Crippen molar-refractivity contribution < 1.29 is 0 Å². The fourth-order valence-corrected chi connectivity index (χ4v) is 4.15. The highest BCUT2D eigenvalue weighted by atomic mass is 15.0. The molecule has 0 spiro atoms. The molecule has 2 nitrogen and oxygen atoms in total. The van der Waals surface area contributed by atoms with Gasteiger partial charge in [-0.15, -0.1) is 0 Å². The van der Waals surface area contributed by atoms with E-state index in [0.29, 0.717) is 0 Å². The van der Waals surface area contributed by atoms with E-state index in [1.807, 2.05) is 12.3 Å². The van der Waals surface area contributed by atoms with Crippen LogP contribution in [0.1, 0.15) is 102 Å². The van der Waals surface area contributed by atoms with Crippen LogP contribution in [0.15, 0.2) is 54.9 Å². The molecule has 1 unspecified atom stereocenters. The SMILES string of the molecule is C=C/C(=C\c1ccccc1C)Nc1nccc(CC)c1CCC.CCCCC(CC)CCC. The van der Waals surface area contributed by atoms with E-state index >= 15 is 0 Å². The quantitative estimate of drug-likeness (QED) is 0.308. The molecule has 0 saturated heterocycles. The molecule has 1 N–H and O–H groups in total. The van der Waals surface area contributed by atoms with Crippen molar-refractivity contribution in [3.63, 3.8) is 0 Å². The highest BCUT2D eigenvalue weighted by molar-refractivity contribution is 5.65. The van der Waals surface area contributed by atoms with Crippen LogP contribution in [0, 0.1) is 12.8 Å². The summed E-state index contributed by atoms with van der Waals surface area (Å²) >= 11 is 0. The van der Waals surface area contributed by atoms with Gasteiger partial charge in [-0.2, -0.15) is 0 Å². The summed E-state index contributed by atoms with van der Waals surface area (Å²) in [5.41, 5.74) is 6.09. The number of hydrogen-bond acceptors (Lipinski definition) is 2. The Morgan fingerprint density at radius 1 is 1.00 bits per heavy atom. The first-order chi connectivity index (χ1) is 16.0. The molecule has 1 aromatic carbocycles. The first-order valence-corrected chi connectivity index (χ1v) is 13.2. The monoisotopic (exact) mass is 448 g/mol. The number of aromatic nitrogens is 1. The van der Waals surface area contributed by atoms with E-state index in [-0.39, 0.29) is 0 Å². The molecular formula is C31H48N2. The Hall–Kier alpha value is -2.35. The van der Waals surface area contributed by atoms with E-state index in [9.17, 15) is 0 Å². The van der Waals surface area contributed by atoms with Crippen molar-refractivity contribution in [3.05, 3.63) is 77.1 Å². The number of nitrogens with zero attached hydrogens (tertiary/aromatic N) is 1. The largest absolute Gasteiger partial charge is 0.340 e. The van der Waals surface area contributed by atoms with Crippen molar-refractivity contribution >= 4 is 11.9 Å². The zero-order valence-corrected chi connectivity index (χ0v) is 22.2. The summed E-state index contributed by atoms with van der Waals surface area (Å²) in [5, 5.41) is 3.46. The summed E-state index contributed by atoms with van der Waals surface area (Å²) < 4.78 is 0. The number of allylic oxidation sites excluding steroid dienone is 1. The summed E-state index contributed by atoms with van der Waals surface area (Å²) in [6, 6.07) is 10.5. The van der Waals surface area contributed by atoms with Gasteiger partial charge in [-0.1, -0.05) is 110 Å². The summed E-state index contributed by atoms with van der Waals surface area (Å²) in [7, 11) is 0. The molecule has 1 atom stereocenters. The Bertz CT molecular complexity index is 835. The molecule has 2 rings (SSSR count). The molecule has 0 fully saturated rings. The molecule has 1 aromatic heterocycles. The van der Waals surface area contributed by atoms with E-state index < -0.39 is 0 Å². The maximum Gasteiger partial charge on any atom is 0.133 e. The molecule has 0 aliphatic heterocycles. The number of aryl methyl sites for hydroxylation is 2. The second-order valence-electron chi connectivity index (χ2n) is 8.89. The minimum Gasteiger partial charge on any atom is -0.340 e. The number of rotatable bonds is 13. The molecule has 0 amide bonds. The van der Waals surface area contributed by atoms with Gasteiger partial charge >= 0.3 is 0 Å². The van der Waals surface area contributed by atoms with Gasteiger partial charge in [0.15, 0.2) is 0 Å². The van der Waals surface area contributed by atoms with Crippen molar-refractivity contribution in [1.82, 2.24) is 4.98 Å². The summed E-state index contributed by atoms with van der Waals surface area (Å²) in [4.78, 5) is 4.56. The Kier molecular flexibility index (Phi) is 14.9. The highest BCUT2D eigenvalue weighted by Crippen LogP contribution is 2.23. The van der Waals surface area contributed by atoms with Gasteiger partial charge in [0, 0.05) is 11.9 Å². The zero-order valence-electron chi connectivity index (χ0n) is 22.2. The maximum atomic E-state index is 4.56. The molecule has 0 aliphatic rings. The van der Waals surface area contributed by atoms with Crippen molar-refractivity contribution in [1.29, 1.82) is 0 Å². The van der Waals surface area contributed by atoms with Crippen molar-refractivity contribution in [3.8, 4) is 0 Å². The van der Waals surface area contributed by atoms with Crippen LogP contribution >= 0.6 is 0 Å². The summed E-state index contributed by atoms with van der Waals surface area (Å²) in [6.07, 6.45) is 17.5. The molecule has 2 heteroatoms. The normalized spacial score (nSPS) is 12.0.